The molecule has 8 heteroatoms. The number of thiophene rings is 1. The molecule has 0 spiro atoms. The van der Waals surface area contributed by atoms with E-state index in [9.17, 15) is 19.1 Å². The Labute approximate surface area is 187 Å². The Morgan fingerprint density at radius 2 is 1.84 bits per heavy atom. The number of nitrogens with zero attached hydrogens (tertiary/aromatic N) is 1. The number of carbonyl (C=O) groups excluding carboxylic acids is 1. The lowest BCUT2D eigenvalue weighted by Crippen LogP contribution is -2.46. The molecule has 1 unspecified atom stereocenters. The number of amides is 1. The van der Waals surface area contributed by atoms with E-state index in [4.69, 9.17) is 12.2 Å². The van der Waals surface area contributed by atoms with E-state index in [1.165, 1.54) is 23.5 Å². The van der Waals surface area contributed by atoms with Crippen molar-refractivity contribution in [1.82, 2.24) is 10.2 Å². The van der Waals surface area contributed by atoms with Crippen molar-refractivity contribution in [3.05, 3.63) is 88.7 Å². The Morgan fingerprint density at radius 3 is 2.52 bits per heavy atom. The van der Waals surface area contributed by atoms with Gasteiger partial charge in [-0.2, -0.15) is 0 Å². The van der Waals surface area contributed by atoms with Gasteiger partial charge in [-0.15, -0.1) is 11.3 Å². The quantitative estimate of drug-likeness (QED) is 0.431. The number of nitrogens with one attached hydrogen (secondary N) is 1. The van der Waals surface area contributed by atoms with Crippen LogP contribution in [0.4, 0.5) is 4.39 Å². The zero-order valence-corrected chi connectivity index (χ0v) is 17.8. The third-order valence-electron chi connectivity index (χ3n) is 4.82. The monoisotopic (exact) mass is 452 g/mol. The Morgan fingerprint density at radius 1 is 1.13 bits per heavy atom. The van der Waals surface area contributed by atoms with E-state index >= 15 is 0 Å². The Hall–Kier alpha value is -3.36. The van der Waals surface area contributed by atoms with E-state index < -0.39 is 17.9 Å². The SMILES string of the molecule is O=C(O)C(Cc1ccccc1)N1C(=O)/C(=C/c2ccc(-c3ccc(F)cc3)s2)NC1=S. The first-order valence-electron chi connectivity index (χ1n) is 9.41. The van der Waals surface area contributed by atoms with Gasteiger partial charge in [-0.3, -0.25) is 9.69 Å². The lowest BCUT2D eigenvalue weighted by Gasteiger charge is -2.22. The van der Waals surface area contributed by atoms with Gasteiger partial charge in [0.25, 0.3) is 5.91 Å². The van der Waals surface area contributed by atoms with Gasteiger partial charge in [0.15, 0.2) is 5.11 Å². The molecule has 2 heterocycles. The predicted octanol–water partition coefficient (Wildman–Crippen LogP) is 4.31. The second-order valence-corrected chi connectivity index (χ2v) is 8.42. The molecule has 31 heavy (non-hydrogen) atoms. The Bertz CT molecular complexity index is 1170. The molecule has 156 valence electrons. The van der Waals surface area contributed by atoms with Crippen molar-refractivity contribution in [2.75, 3.05) is 0 Å². The molecular formula is C23H17FN2O3S2. The summed E-state index contributed by atoms with van der Waals surface area (Å²) in [4.78, 5) is 27.7. The molecule has 5 nitrogen and oxygen atoms in total. The van der Waals surface area contributed by atoms with E-state index in [1.54, 1.807) is 18.2 Å². The average molecular weight is 453 g/mol. The highest BCUT2D eigenvalue weighted by Gasteiger charge is 2.39. The fourth-order valence-electron chi connectivity index (χ4n) is 3.30. The van der Waals surface area contributed by atoms with Gasteiger partial charge in [0.05, 0.1) is 0 Å². The smallest absolute Gasteiger partial charge is 0.327 e. The first kappa shape index (κ1) is 20.9. The topological polar surface area (TPSA) is 69.6 Å². The van der Waals surface area contributed by atoms with Crippen LogP contribution in [0.3, 0.4) is 0 Å². The summed E-state index contributed by atoms with van der Waals surface area (Å²) < 4.78 is 13.1. The second-order valence-electron chi connectivity index (χ2n) is 6.92. The number of hydrogen-bond acceptors (Lipinski definition) is 4. The largest absolute Gasteiger partial charge is 0.480 e. The summed E-state index contributed by atoms with van der Waals surface area (Å²) in [5.74, 6) is -1.91. The summed E-state index contributed by atoms with van der Waals surface area (Å²) in [5.41, 5.74) is 1.88. The first-order chi connectivity index (χ1) is 14.9. The van der Waals surface area contributed by atoms with Crippen molar-refractivity contribution in [2.45, 2.75) is 12.5 Å². The second kappa shape index (κ2) is 8.79. The molecule has 0 aliphatic carbocycles. The van der Waals surface area contributed by atoms with Crippen LogP contribution >= 0.6 is 23.6 Å². The maximum absolute atomic E-state index is 13.1. The number of carboxylic acids is 1. The summed E-state index contributed by atoms with van der Waals surface area (Å²) in [6.45, 7) is 0. The number of carboxylic acid groups (broad SMARTS) is 1. The molecule has 0 bridgehead atoms. The van der Waals surface area contributed by atoms with Crippen LogP contribution in [0.25, 0.3) is 16.5 Å². The highest BCUT2D eigenvalue weighted by Crippen LogP contribution is 2.30. The van der Waals surface area contributed by atoms with Crippen molar-refractivity contribution in [3.8, 4) is 10.4 Å². The van der Waals surface area contributed by atoms with Gasteiger partial charge in [0.1, 0.15) is 17.6 Å². The summed E-state index contributed by atoms with van der Waals surface area (Å²) in [5, 5.41) is 12.6. The molecule has 2 N–H and O–H groups in total. The summed E-state index contributed by atoms with van der Waals surface area (Å²) in [7, 11) is 0. The van der Waals surface area contributed by atoms with E-state index in [0.717, 1.165) is 25.8 Å². The minimum Gasteiger partial charge on any atom is -0.480 e. The summed E-state index contributed by atoms with van der Waals surface area (Å²) >= 11 is 6.71. The minimum absolute atomic E-state index is 0.0647. The standard InChI is InChI=1S/C23H17FN2O3S2/c24-16-8-6-15(7-9-16)20-11-10-17(31-20)13-18-21(27)26(23(30)25-18)19(22(28)29)12-14-4-2-1-3-5-14/h1-11,13,19H,12H2,(H,25,30)(H,28,29)/b18-13-. The molecule has 1 atom stereocenters. The normalized spacial score (nSPS) is 15.9. The predicted molar refractivity (Wildman–Crippen MR) is 122 cm³/mol. The van der Waals surface area contributed by atoms with Gasteiger partial charge in [0.2, 0.25) is 0 Å². The number of halogens is 1. The number of aliphatic carboxylic acids is 1. The van der Waals surface area contributed by atoms with Crippen LogP contribution in [0.15, 0.2) is 72.4 Å². The third kappa shape index (κ3) is 4.55. The number of hydrogen-bond donors (Lipinski definition) is 2. The molecule has 0 radical (unpaired) electrons. The summed E-state index contributed by atoms with van der Waals surface area (Å²) in [6.07, 6.45) is 1.79. The van der Waals surface area contributed by atoms with Crippen LogP contribution < -0.4 is 5.32 Å². The summed E-state index contributed by atoms with van der Waals surface area (Å²) in [6, 6.07) is 17.9. The number of carbonyl (C=O) groups is 2. The number of benzene rings is 2. The number of thiocarbonyl (C=S) groups is 1. The molecule has 1 fully saturated rings. The van der Waals surface area contributed by atoms with Crippen LogP contribution in [0.1, 0.15) is 10.4 Å². The molecule has 1 aliphatic heterocycles. The van der Waals surface area contributed by atoms with Crippen LogP contribution in [0.2, 0.25) is 0 Å². The van der Waals surface area contributed by atoms with Crippen LogP contribution in [-0.4, -0.2) is 33.0 Å². The van der Waals surface area contributed by atoms with Crippen molar-refractivity contribution >= 4 is 46.6 Å². The fraction of sp³-hybridized carbons (Fsp3) is 0.0870. The third-order valence-corrected chi connectivity index (χ3v) is 6.20. The average Bonchev–Trinajstić information content (AvgIpc) is 3.32. The van der Waals surface area contributed by atoms with Crippen molar-refractivity contribution in [3.63, 3.8) is 0 Å². The molecule has 1 amide bonds. The molecular weight excluding hydrogens is 435 g/mol. The van der Waals surface area contributed by atoms with Gasteiger partial charge < -0.3 is 10.4 Å². The molecule has 4 rings (SSSR count). The highest BCUT2D eigenvalue weighted by molar-refractivity contribution is 7.80. The van der Waals surface area contributed by atoms with Crippen LogP contribution in [0.5, 0.6) is 0 Å². The minimum atomic E-state index is -1.13. The zero-order valence-electron chi connectivity index (χ0n) is 16.1. The maximum atomic E-state index is 13.1. The molecule has 0 saturated carbocycles. The zero-order chi connectivity index (χ0) is 22.0. The molecule has 2 aromatic carbocycles. The van der Waals surface area contributed by atoms with E-state index in [2.05, 4.69) is 5.32 Å². The maximum Gasteiger partial charge on any atom is 0.327 e. The van der Waals surface area contributed by atoms with Crippen molar-refractivity contribution < 1.29 is 19.1 Å². The molecule has 1 aliphatic rings. The number of rotatable bonds is 6. The van der Waals surface area contributed by atoms with Gasteiger partial charge in [0, 0.05) is 16.2 Å². The van der Waals surface area contributed by atoms with Gasteiger partial charge >= 0.3 is 5.97 Å². The Balaban J connectivity index is 1.56. The van der Waals surface area contributed by atoms with Crippen LogP contribution in [-0.2, 0) is 16.0 Å². The molecule has 1 aromatic heterocycles. The van der Waals surface area contributed by atoms with E-state index in [-0.39, 0.29) is 23.0 Å². The Kier molecular flexibility index (Phi) is 5.92. The van der Waals surface area contributed by atoms with Gasteiger partial charge in [-0.05, 0) is 53.7 Å². The molecule has 3 aromatic rings. The molecule has 1 saturated heterocycles. The van der Waals surface area contributed by atoms with E-state index in [1.807, 2.05) is 42.5 Å². The van der Waals surface area contributed by atoms with E-state index in [0.29, 0.717) is 0 Å². The lowest BCUT2D eigenvalue weighted by molar-refractivity contribution is -0.145. The van der Waals surface area contributed by atoms with Crippen molar-refractivity contribution in [2.24, 2.45) is 0 Å². The van der Waals surface area contributed by atoms with Crippen LogP contribution in [0, 0.1) is 5.82 Å². The van der Waals surface area contributed by atoms with Crippen molar-refractivity contribution in [1.29, 1.82) is 0 Å². The van der Waals surface area contributed by atoms with Gasteiger partial charge in [-0.1, -0.05) is 42.5 Å². The van der Waals surface area contributed by atoms with Gasteiger partial charge in [-0.25, -0.2) is 9.18 Å². The fourth-order valence-corrected chi connectivity index (χ4v) is 4.58. The lowest BCUT2D eigenvalue weighted by atomic mass is 10.0. The first-order valence-corrected chi connectivity index (χ1v) is 10.6. The highest BCUT2D eigenvalue weighted by atomic mass is 32.1.